The first-order chi connectivity index (χ1) is 18.2. The number of aliphatic hydroxyl groups is 1. The van der Waals surface area contributed by atoms with Crippen LogP contribution in [-0.4, -0.2) is 29.4 Å². The van der Waals surface area contributed by atoms with Crippen LogP contribution in [0.1, 0.15) is 43.5 Å². The molecule has 3 aromatic rings. The highest BCUT2D eigenvalue weighted by molar-refractivity contribution is 6.51. The summed E-state index contributed by atoms with van der Waals surface area (Å²) in [6, 6.07) is 20.3. The molecule has 3 aromatic carbocycles. The van der Waals surface area contributed by atoms with Gasteiger partial charge in [-0.3, -0.25) is 19.3 Å². The highest BCUT2D eigenvalue weighted by Crippen LogP contribution is 2.43. The summed E-state index contributed by atoms with van der Waals surface area (Å²) < 4.78 is 11.0. The Kier molecular flexibility index (Phi) is 7.58. The van der Waals surface area contributed by atoms with E-state index in [0.29, 0.717) is 34.7 Å². The molecule has 0 spiro atoms. The quantitative estimate of drug-likeness (QED) is 0.154. The number of anilines is 1. The van der Waals surface area contributed by atoms with Gasteiger partial charge in [0.15, 0.2) is 0 Å². The minimum absolute atomic E-state index is 0.125. The molecule has 0 saturated carbocycles. The van der Waals surface area contributed by atoms with Gasteiger partial charge in [-0.2, -0.15) is 5.26 Å². The number of nitrogens with zero attached hydrogens (tertiary/aromatic N) is 2. The maximum Gasteiger partial charge on any atom is 0.308 e. The van der Waals surface area contributed by atoms with Crippen molar-refractivity contribution in [3.05, 3.63) is 95.1 Å². The van der Waals surface area contributed by atoms with Crippen LogP contribution in [-0.2, 0) is 14.4 Å². The molecule has 1 amide bonds. The van der Waals surface area contributed by atoms with Gasteiger partial charge >= 0.3 is 5.97 Å². The van der Waals surface area contributed by atoms with Crippen molar-refractivity contribution >= 4 is 29.1 Å². The van der Waals surface area contributed by atoms with E-state index < -0.39 is 23.7 Å². The summed E-state index contributed by atoms with van der Waals surface area (Å²) in [5.41, 5.74) is 1.38. The van der Waals surface area contributed by atoms with Gasteiger partial charge in [0.25, 0.3) is 11.7 Å². The fourth-order valence-electron chi connectivity index (χ4n) is 4.18. The number of hydrogen-bond donors (Lipinski definition) is 1. The molecule has 0 aliphatic carbocycles. The maximum atomic E-state index is 13.4. The zero-order valence-corrected chi connectivity index (χ0v) is 21.2. The van der Waals surface area contributed by atoms with Gasteiger partial charge in [-0.1, -0.05) is 38.1 Å². The summed E-state index contributed by atoms with van der Waals surface area (Å²) in [5.74, 6) is -1.58. The van der Waals surface area contributed by atoms with Gasteiger partial charge in [-0.15, -0.1) is 0 Å². The average Bonchev–Trinajstić information content (AvgIpc) is 3.17. The number of ketones is 1. The van der Waals surface area contributed by atoms with Gasteiger partial charge in [0.2, 0.25) is 0 Å². The van der Waals surface area contributed by atoms with E-state index in [1.54, 1.807) is 60.7 Å². The SMILES string of the molecule is CC(=O)Oc1cccc(C2/C(=C(/O)c3cccc(OCC(C)C)c3)C(=O)C(=O)N2c2ccc(C#N)cc2)c1. The first-order valence-electron chi connectivity index (χ1n) is 12.0. The van der Waals surface area contributed by atoms with Crippen molar-refractivity contribution in [2.24, 2.45) is 5.92 Å². The maximum absolute atomic E-state index is 13.4. The lowest BCUT2D eigenvalue weighted by molar-refractivity contribution is -0.132. The number of nitriles is 1. The minimum Gasteiger partial charge on any atom is -0.507 e. The van der Waals surface area contributed by atoms with E-state index in [1.807, 2.05) is 19.9 Å². The summed E-state index contributed by atoms with van der Waals surface area (Å²) in [5, 5.41) is 20.6. The number of carbonyl (C=O) groups is 3. The number of Topliss-reactive ketones (excluding diaryl/α,β-unsaturated/α-hetero) is 1. The van der Waals surface area contributed by atoms with E-state index in [2.05, 4.69) is 0 Å². The Labute approximate surface area is 220 Å². The molecule has 0 bridgehead atoms. The largest absolute Gasteiger partial charge is 0.507 e. The van der Waals surface area contributed by atoms with Gasteiger partial charge in [0, 0.05) is 18.2 Å². The molecule has 1 saturated heterocycles. The molecule has 8 heteroatoms. The number of hydrogen-bond acceptors (Lipinski definition) is 7. The molecule has 1 N–H and O–H groups in total. The second-order valence-corrected chi connectivity index (χ2v) is 9.23. The molecule has 1 heterocycles. The molecule has 192 valence electrons. The van der Waals surface area contributed by atoms with Crippen LogP contribution in [0.4, 0.5) is 5.69 Å². The second kappa shape index (κ2) is 11.0. The lowest BCUT2D eigenvalue weighted by Gasteiger charge is -2.25. The second-order valence-electron chi connectivity index (χ2n) is 9.23. The summed E-state index contributed by atoms with van der Waals surface area (Å²) in [6.07, 6.45) is 0. The minimum atomic E-state index is -1.03. The van der Waals surface area contributed by atoms with Crippen LogP contribution in [0.5, 0.6) is 11.5 Å². The normalized spacial score (nSPS) is 16.4. The number of carbonyl (C=O) groups excluding carboxylic acids is 3. The highest BCUT2D eigenvalue weighted by Gasteiger charge is 2.47. The van der Waals surface area contributed by atoms with Crippen molar-refractivity contribution in [3.63, 3.8) is 0 Å². The lowest BCUT2D eigenvalue weighted by atomic mass is 9.95. The molecule has 8 nitrogen and oxygen atoms in total. The Balaban J connectivity index is 1.88. The molecule has 1 aliphatic rings. The highest BCUT2D eigenvalue weighted by atomic mass is 16.5. The molecule has 38 heavy (non-hydrogen) atoms. The Bertz CT molecular complexity index is 1470. The number of rotatable bonds is 7. The molecular weight excluding hydrogens is 484 g/mol. The van der Waals surface area contributed by atoms with Crippen LogP contribution in [0.25, 0.3) is 5.76 Å². The Hall–Kier alpha value is -4.90. The van der Waals surface area contributed by atoms with Gasteiger partial charge < -0.3 is 14.6 Å². The molecule has 1 fully saturated rings. The first kappa shape index (κ1) is 26.2. The zero-order chi connectivity index (χ0) is 27.4. The van der Waals surface area contributed by atoms with Crippen molar-refractivity contribution < 1.29 is 29.0 Å². The van der Waals surface area contributed by atoms with Gasteiger partial charge in [0.05, 0.1) is 29.9 Å². The predicted octanol–water partition coefficient (Wildman–Crippen LogP) is 5.14. The standard InChI is InChI=1S/C30H26N2O6/c1-18(2)17-37-24-8-5-7-22(15-24)28(34)26-27(21-6-4-9-25(14-21)38-19(3)33)32(30(36)29(26)35)23-12-10-20(16-31)11-13-23/h4-15,18,27,34H,17H2,1-3H3/b28-26-. The predicted molar refractivity (Wildman–Crippen MR) is 140 cm³/mol. The van der Waals surface area contributed by atoms with E-state index in [0.717, 1.165) is 0 Å². The number of ether oxygens (including phenoxy) is 2. The summed E-state index contributed by atoms with van der Waals surface area (Å²) in [4.78, 5) is 39.6. The van der Waals surface area contributed by atoms with Crippen molar-refractivity contribution in [1.29, 1.82) is 5.26 Å². The van der Waals surface area contributed by atoms with Crippen LogP contribution in [0.3, 0.4) is 0 Å². The van der Waals surface area contributed by atoms with E-state index in [9.17, 15) is 24.8 Å². The summed E-state index contributed by atoms with van der Waals surface area (Å²) >= 11 is 0. The third kappa shape index (κ3) is 5.42. The topological polar surface area (TPSA) is 117 Å². The van der Waals surface area contributed by atoms with Crippen molar-refractivity contribution in [2.75, 3.05) is 11.5 Å². The van der Waals surface area contributed by atoms with Crippen LogP contribution in [0, 0.1) is 17.2 Å². The van der Waals surface area contributed by atoms with Gasteiger partial charge in [-0.05, 0) is 60.0 Å². The molecule has 1 aliphatic heterocycles. The van der Waals surface area contributed by atoms with Crippen LogP contribution in [0.15, 0.2) is 78.4 Å². The Morgan fingerprint density at radius 2 is 1.71 bits per heavy atom. The monoisotopic (exact) mass is 510 g/mol. The number of amides is 1. The molecule has 1 atom stereocenters. The van der Waals surface area contributed by atoms with E-state index in [1.165, 1.54) is 24.0 Å². The fourth-order valence-corrected chi connectivity index (χ4v) is 4.18. The third-order valence-electron chi connectivity index (χ3n) is 5.85. The fraction of sp³-hybridized carbons (Fsp3) is 0.200. The van der Waals surface area contributed by atoms with Crippen molar-refractivity contribution in [3.8, 4) is 17.6 Å². The van der Waals surface area contributed by atoms with Gasteiger partial charge in [0.1, 0.15) is 17.3 Å². The Morgan fingerprint density at radius 1 is 1.03 bits per heavy atom. The first-order valence-corrected chi connectivity index (χ1v) is 12.0. The van der Waals surface area contributed by atoms with E-state index in [4.69, 9.17) is 9.47 Å². The molecular formula is C30H26N2O6. The van der Waals surface area contributed by atoms with Crippen LogP contribution >= 0.6 is 0 Å². The smallest absolute Gasteiger partial charge is 0.308 e. The molecule has 4 rings (SSSR count). The average molecular weight is 511 g/mol. The number of aliphatic hydroxyl groups excluding tert-OH is 1. The van der Waals surface area contributed by atoms with Crippen LogP contribution < -0.4 is 14.4 Å². The molecule has 1 unspecified atom stereocenters. The number of esters is 1. The summed E-state index contributed by atoms with van der Waals surface area (Å²) in [7, 11) is 0. The van der Waals surface area contributed by atoms with Crippen molar-refractivity contribution in [2.45, 2.75) is 26.8 Å². The van der Waals surface area contributed by atoms with E-state index in [-0.39, 0.29) is 23.0 Å². The van der Waals surface area contributed by atoms with Crippen LogP contribution in [0.2, 0.25) is 0 Å². The summed E-state index contributed by atoms with van der Waals surface area (Å²) in [6.45, 7) is 5.76. The third-order valence-corrected chi connectivity index (χ3v) is 5.85. The van der Waals surface area contributed by atoms with E-state index >= 15 is 0 Å². The van der Waals surface area contributed by atoms with Gasteiger partial charge in [-0.25, -0.2) is 0 Å². The number of benzene rings is 3. The molecule has 0 radical (unpaired) electrons. The lowest BCUT2D eigenvalue weighted by Crippen LogP contribution is -2.29. The zero-order valence-electron chi connectivity index (χ0n) is 21.2. The van der Waals surface area contributed by atoms with Crippen molar-refractivity contribution in [1.82, 2.24) is 0 Å². The molecule has 0 aromatic heterocycles. The Morgan fingerprint density at radius 3 is 2.37 bits per heavy atom.